The third kappa shape index (κ3) is 4.22. The number of thiophene rings is 1. The first-order valence-corrected chi connectivity index (χ1v) is 10.1. The van der Waals surface area contributed by atoms with Crippen LogP contribution in [0.2, 0.25) is 0 Å². The van der Waals surface area contributed by atoms with Crippen molar-refractivity contribution in [2.24, 2.45) is 0 Å². The normalized spacial score (nSPS) is 17.1. The number of aromatic nitrogens is 3. The van der Waals surface area contributed by atoms with Gasteiger partial charge in [-0.15, -0.1) is 21.5 Å². The molecule has 1 aromatic carbocycles. The quantitative estimate of drug-likeness (QED) is 0.515. The van der Waals surface area contributed by atoms with Crippen molar-refractivity contribution in [2.75, 3.05) is 5.32 Å². The summed E-state index contributed by atoms with van der Waals surface area (Å²) >= 11 is 1.22. The molecule has 1 atom stereocenters. The Labute approximate surface area is 177 Å². The second-order valence-corrected chi connectivity index (χ2v) is 7.79. The van der Waals surface area contributed by atoms with Crippen molar-refractivity contribution in [3.63, 3.8) is 0 Å². The lowest BCUT2D eigenvalue weighted by molar-refractivity contribution is -0.146. The van der Waals surface area contributed by atoms with Crippen LogP contribution in [0.25, 0.3) is 16.4 Å². The largest absolute Gasteiger partial charge is 0.452 e. The third-order valence-corrected chi connectivity index (χ3v) is 5.63. The molecule has 0 fully saturated rings. The number of rotatable bonds is 4. The van der Waals surface area contributed by atoms with Crippen LogP contribution in [0.3, 0.4) is 0 Å². The highest BCUT2D eigenvalue weighted by Gasteiger charge is 2.39. The van der Waals surface area contributed by atoms with Crippen LogP contribution in [0, 0.1) is 0 Å². The van der Waals surface area contributed by atoms with E-state index in [2.05, 4.69) is 15.5 Å². The smallest absolute Gasteiger partial charge is 0.322 e. The van der Waals surface area contributed by atoms with Crippen molar-refractivity contribution < 1.29 is 26.7 Å². The monoisotopic (exact) mass is 454 g/mol. The fourth-order valence-corrected chi connectivity index (χ4v) is 3.99. The molecule has 2 aromatic heterocycles. The Morgan fingerprint density at radius 1 is 1.16 bits per heavy atom. The Kier molecular flexibility index (Phi) is 5.61. The maximum Gasteiger partial charge on any atom is 0.452 e. The average molecular weight is 454 g/mol. The van der Waals surface area contributed by atoms with Gasteiger partial charge in [0.2, 0.25) is 5.82 Å². The van der Waals surface area contributed by atoms with E-state index in [0.717, 1.165) is 4.57 Å². The molecule has 2 heterocycles. The number of carbonyl (C=O) groups excluding carboxylic acids is 1. The molecule has 31 heavy (non-hydrogen) atoms. The highest BCUT2D eigenvalue weighted by atomic mass is 32.1. The Morgan fingerprint density at radius 3 is 2.55 bits per heavy atom. The van der Waals surface area contributed by atoms with Crippen molar-refractivity contribution >= 4 is 22.9 Å². The SMILES string of the molecule is O=C(Nc1ccc(-n2c(-c3cccs3)nnc2C(F)(F)F)cc1)C1=C(F)C(F)CCC1. The topological polar surface area (TPSA) is 59.8 Å². The first-order chi connectivity index (χ1) is 14.8. The minimum absolute atomic E-state index is 0.0301. The minimum Gasteiger partial charge on any atom is -0.322 e. The van der Waals surface area contributed by atoms with Crippen molar-refractivity contribution in [1.82, 2.24) is 14.8 Å². The Hall–Kier alpha value is -3.08. The first kappa shape index (κ1) is 21.2. The molecule has 5 nitrogen and oxygen atoms in total. The maximum absolute atomic E-state index is 13.9. The van der Waals surface area contributed by atoms with E-state index >= 15 is 0 Å². The van der Waals surface area contributed by atoms with E-state index in [4.69, 9.17) is 0 Å². The van der Waals surface area contributed by atoms with Gasteiger partial charge in [0, 0.05) is 11.4 Å². The van der Waals surface area contributed by atoms with Gasteiger partial charge in [-0.1, -0.05) is 6.07 Å². The van der Waals surface area contributed by atoms with Crippen molar-refractivity contribution in [2.45, 2.75) is 31.6 Å². The summed E-state index contributed by atoms with van der Waals surface area (Å²) in [6, 6.07) is 8.78. The molecule has 0 bridgehead atoms. The van der Waals surface area contributed by atoms with Crippen LogP contribution < -0.4 is 5.32 Å². The molecule has 3 aromatic rings. The summed E-state index contributed by atoms with van der Waals surface area (Å²) in [6.45, 7) is 0. The molecule has 1 N–H and O–H groups in total. The molecule has 0 saturated heterocycles. The van der Waals surface area contributed by atoms with Crippen molar-refractivity contribution in [3.8, 4) is 16.4 Å². The van der Waals surface area contributed by atoms with Crippen LogP contribution in [-0.4, -0.2) is 26.8 Å². The van der Waals surface area contributed by atoms with Crippen LogP contribution in [0.15, 0.2) is 53.2 Å². The summed E-state index contributed by atoms with van der Waals surface area (Å²) in [7, 11) is 0. The zero-order valence-corrected chi connectivity index (χ0v) is 16.6. The second kappa shape index (κ2) is 8.22. The van der Waals surface area contributed by atoms with E-state index in [0.29, 0.717) is 11.3 Å². The van der Waals surface area contributed by atoms with E-state index in [-0.39, 0.29) is 35.6 Å². The predicted octanol–water partition coefficient (Wildman–Crippen LogP) is 5.70. The fourth-order valence-electron chi connectivity index (χ4n) is 3.29. The highest BCUT2D eigenvalue weighted by Crippen LogP contribution is 2.35. The molecule has 1 aliphatic carbocycles. The predicted molar refractivity (Wildman–Crippen MR) is 105 cm³/mol. The molecule has 1 aliphatic rings. The van der Waals surface area contributed by atoms with Crippen LogP contribution in [-0.2, 0) is 11.0 Å². The van der Waals surface area contributed by atoms with Gasteiger partial charge in [-0.05, 0) is 55.0 Å². The van der Waals surface area contributed by atoms with E-state index in [1.807, 2.05) is 0 Å². The minimum atomic E-state index is -4.73. The van der Waals surface area contributed by atoms with Gasteiger partial charge in [0.1, 0.15) is 5.83 Å². The van der Waals surface area contributed by atoms with Crippen LogP contribution >= 0.6 is 11.3 Å². The number of hydrogen-bond donors (Lipinski definition) is 1. The summed E-state index contributed by atoms with van der Waals surface area (Å²) in [5.74, 6) is -2.99. The zero-order valence-electron chi connectivity index (χ0n) is 15.8. The third-order valence-electron chi connectivity index (χ3n) is 4.76. The molecule has 162 valence electrons. The molecular weight excluding hydrogens is 439 g/mol. The number of halogens is 5. The van der Waals surface area contributed by atoms with Gasteiger partial charge in [-0.25, -0.2) is 8.78 Å². The summed E-state index contributed by atoms with van der Waals surface area (Å²) in [5, 5.41) is 11.2. The number of allylic oxidation sites excluding steroid dienone is 1. The zero-order chi connectivity index (χ0) is 22.2. The molecule has 0 spiro atoms. The number of carbonyl (C=O) groups is 1. The number of benzene rings is 1. The number of hydrogen-bond acceptors (Lipinski definition) is 4. The van der Waals surface area contributed by atoms with Crippen molar-refractivity contribution in [3.05, 3.63) is 59.0 Å². The summed E-state index contributed by atoms with van der Waals surface area (Å²) in [6.07, 6.45) is -6.01. The first-order valence-electron chi connectivity index (χ1n) is 9.26. The van der Waals surface area contributed by atoms with Gasteiger partial charge in [0.15, 0.2) is 12.0 Å². The summed E-state index contributed by atoms with van der Waals surface area (Å²) in [4.78, 5) is 12.8. The average Bonchev–Trinajstić information content (AvgIpc) is 3.39. The molecule has 11 heteroatoms. The van der Waals surface area contributed by atoms with Gasteiger partial charge < -0.3 is 5.32 Å². The Balaban J connectivity index is 1.64. The lowest BCUT2D eigenvalue weighted by Gasteiger charge is -2.18. The molecule has 1 amide bonds. The van der Waals surface area contributed by atoms with E-state index in [9.17, 15) is 26.7 Å². The van der Waals surface area contributed by atoms with Gasteiger partial charge >= 0.3 is 6.18 Å². The maximum atomic E-state index is 13.9. The fraction of sp³-hybridized carbons (Fsp3) is 0.250. The Morgan fingerprint density at radius 2 is 1.90 bits per heavy atom. The number of amides is 1. The number of anilines is 1. The molecule has 4 rings (SSSR count). The van der Waals surface area contributed by atoms with Gasteiger partial charge in [0.05, 0.1) is 10.5 Å². The van der Waals surface area contributed by atoms with E-state index in [1.165, 1.54) is 35.6 Å². The number of nitrogens with one attached hydrogen (secondary N) is 1. The van der Waals surface area contributed by atoms with E-state index in [1.54, 1.807) is 17.5 Å². The van der Waals surface area contributed by atoms with Crippen LogP contribution in [0.1, 0.15) is 25.1 Å². The summed E-state index contributed by atoms with van der Waals surface area (Å²) < 4.78 is 68.7. The van der Waals surface area contributed by atoms with Crippen molar-refractivity contribution in [1.29, 1.82) is 0 Å². The lowest BCUT2D eigenvalue weighted by atomic mass is 9.96. The Bertz CT molecular complexity index is 1120. The summed E-state index contributed by atoms with van der Waals surface area (Å²) in [5.41, 5.74) is 0.112. The standard InChI is InChI=1S/C20H15F5N4OS/c21-14-4-1-3-13(16(14)22)18(30)26-11-6-8-12(9-7-11)29-17(15-5-2-10-31-15)27-28-19(29)20(23,24)25/h2,5-10,14H,1,3-4H2,(H,26,30). The second-order valence-electron chi connectivity index (χ2n) is 6.84. The lowest BCUT2D eigenvalue weighted by Crippen LogP contribution is -2.21. The van der Waals surface area contributed by atoms with Crippen LogP contribution in [0.4, 0.5) is 27.6 Å². The molecular formula is C20H15F5N4OS. The molecule has 1 unspecified atom stereocenters. The van der Waals surface area contributed by atoms with Gasteiger partial charge in [0.25, 0.3) is 5.91 Å². The molecule has 0 radical (unpaired) electrons. The molecule has 0 saturated carbocycles. The molecule has 0 aliphatic heterocycles. The number of nitrogens with zero attached hydrogens (tertiary/aromatic N) is 3. The number of alkyl halides is 4. The van der Waals surface area contributed by atoms with E-state index < -0.39 is 29.9 Å². The van der Waals surface area contributed by atoms with Crippen LogP contribution in [0.5, 0.6) is 0 Å². The highest BCUT2D eigenvalue weighted by molar-refractivity contribution is 7.13. The van der Waals surface area contributed by atoms with Gasteiger partial charge in [-0.3, -0.25) is 9.36 Å². The van der Waals surface area contributed by atoms with Gasteiger partial charge in [-0.2, -0.15) is 13.2 Å².